The average Bonchev–Trinajstić information content (AvgIpc) is 3.07. The second-order valence-electron chi connectivity index (χ2n) is 5.76. The van der Waals surface area contributed by atoms with Crippen LogP contribution >= 0.6 is 0 Å². The van der Waals surface area contributed by atoms with Gasteiger partial charge < -0.3 is 14.0 Å². The van der Waals surface area contributed by atoms with Gasteiger partial charge in [-0.25, -0.2) is 4.98 Å². The van der Waals surface area contributed by atoms with Crippen molar-refractivity contribution in [1.82, 2.24) is 14.5 Å². The molecule has 122 valence electrons. The molecule has 1 aromatic carbocycles. The maximum Gasteiger partial charge on any atom is 0.0988 e. The Morgan fingerprint density at radius 1 is 1.00 bits per heavy atom. The van der Waals surface area contributed by atoms with Crippen molar-refractivity contribution in [2.45, 2.75) is 12.6 Å². The minimum atomic E-state index is 0.0529. The molecule has 1 saturated heterocycles. The Balaban J connectivity index is 1.75. The topological polar surface area (TPSA) is 49.2 Å². The summed E-state index contributed by atoms with van der Waals surface area (Å²) in [6.45, 7) is 2.66. The zero-order valence-electron chi connectivity index (χ0n) is 13.3. The van der Waals surface area contributed by atoms with Gasteiger partial charge in [0.2, 0.25) is 0 Å². The van der Waals surface area contributed by atoms with E-state index in [9.17, 15) is 0 Å². The van der Waals surface area contributed by atoms with Crippen LogP contribution in [0.1, 0.15) is 0 Å². The second kappa shape index (κ2) is 6.95. The first kappa shape index (κ1) is 15.1. The first-order valence-electron chi connectivity index (χ1n) is 8.12. The fourth-order valence-electron chi connectivity index (χ4n) is 3.00. The molecule has 0 unspecified atom stereocenters. The molecule has 3 aromatic rings. The third kappa shape index (κ3) is 3.09. The molecule has 24 heavy (non-hydrogen) atoms. The van der Waals surface area contributed by atoms with Gasteiger partial charge in [0.1, 0.15) is 0 Å². The quantitative estimate of drug-likeness (QED) is 0.741. The highest BCUT2D eigenvalue weighted by Gasteiger charge is 2.20. The number of hydrogen-bond donors (Lipinski definition) is 0. The molecule has 0 N–H and O–H groups in total. The molecular formula is C19H19N3O2. The Kier molecular flexibility index (Phi) is 4.36. The van der Waals surface area contributed by atoms with Crippen LogP contribution in [0.2, 0.25) is 0 Å². The van der Waals surface area contributed by atoms with E-state index in [1.807, 2.05) is 49.1 Å². The molecule has 0 radical (unpaired) electrons. The van der Waals surface area contributed by atoms with Gasteiger partial charge in [-0.2, -0.15) is 0 Å². The van der Waals surface area contributed by atoms with Crippen molar-refractivity contribution in [2.24, 2.45) is 0 Å². The summed E-state index contributed by atoms with van der Waals surface area (Å²) < 4.78 is 13.5. The molecule has 1 fully saturated rings. The minimum Gasteiger partial charge on any atom is -0.376 e. The Labute approximate surface area is 140 Å². The summed E-state index contributed by atoms with van der Waals surface area (Å²) in [5.41, 5.74) is 4.25. The number of nitrogens with zero attached hydrogens (tertiary/aromatic N) is 3. The van der Waals surface area contributed by atoms with Gasteiger partial charge in [-0.15, -0.1) is 0 Å². The lowest BCUT2D eigenvalue weighted by molar-refractivity contribution is -0.0934. The molecule has 3 heterocycles. The number of imidazole rings is 1. The molecule has 0 saturated carbocycles. The van der Waals surface area contributed by atoms with Crippen molar-refractivity contribution in [1.29, 1.82) is 0 Å². The van der Waals surface area contributed by atoms with Crippen molar-refractivity contribution < 1.29 is 9.47 Å². The van der Waals surface area contributed by atoms with Gasteiger partial charge >= 0.3 is 0 Å². The van der Waals surface area contributed by atoms with Gasteiger partial charge in [0.05, 0.1) is 50.2 Å². The number of pyridine rings is 1. The van der Waals surface area contributed by atoms with Crippen LogP contribution in [0.15, 0.2) is 61.2 Å². The molecule has 1 atom stereocenters. The number of hydrogen-bond acceptors (Lipinski definition) is 4. The van der Waals surface area contributed by atoms with E-state index < -0.39 is 0 Å². The van der Waals surface area contributed by atoms with Gasteiger partial charge in [-0.05, 0) is 12.1 Å². The van der Waals surface area contributed by atoms with E-state index in [0.29, 0.717) is 19.8 Å². The number of benzene rings is 1. The molecule has 1 aliphatic rings. The Bertz CT molecular complexity index is 781. The summed E-state index contributed by atoms with van der Waals surface area (Å²) >= 11 is 0. The normalized spacial score (nSPS) is 17.8. The van der Waals surface area contributed by atoms with E-state index in [4.69, 9.17) is 9.47 Å². The van der Waals surface area contributed by atoms with Crippen LogP contribution in [0.5, 0.6) is 0 Å². The maximum atomic E-state index is 5.80. The number of aromatic nitrogens is 3. The van der Waals surface area contributed by atoms with E-state index in [1.54, 1.807) is 0 Å². The maximum absolute atomic E-state index is 5.80. The lowest BCUT2D eigenvalue weighted by atomic mass is 10.1. The Morgan fingerprint density at radius 2 is 1.83 bits per heavy atom. The van der Waals surface area contributed by atoms with Crippen LogP contribution in [0.3, 0.4) is 0 Å². The third-order valence-corrected chi connectivity index (χ3v) is 4.12. The van der Waals surface area contributed by atoms with Crippen LogP contribution in [0, 0.1) is 0 Å². The van der Waals surface area contributed by atoms with Crippen LogP contribution in [-0.4, -0.2) is 40.5 Å². The van der Waals surface area contributed by atoms with Crippen molar-refractivity contribution in [2.75, 3.05) is 19.8 Å². The van der Waals surface area contributed by atoms with Gasteiger partial charge in [-0.3, -0.25) is 4.98 Å². The molecule has 0 amide bonds. The standard InChI is InChI=1S/C19H19N3O2/c1-2-4-15(5-3-1)18-19(16-6-8-20-9-7-16)22(14-21-18)12-17-13-23-10-11-24-17/h1-9,14,17H,10-13H2/t17-/m1/s1. The van der Waals surface area contributed by atoms with Crippen molar-refractivity contribution in [3.8, 4) is 22.5 Å². The highest BCUT2D eigenvalue weighted by atomic mass is 16.6. The van der Waals surface area contributed by atoms with Crippen molar-refractivity contribution in [3.05, 3.63) is 61.2 Å². The Morgan fingerprint density at radius 3 is 2.58 bits per heavy atom. The summed E-state index contributed by atoms with van der Waals surface area (Å²) in [6.07, 6.45) is 5.55. The van der Waals surface area contributed by atoms with Crippen LogP contribution in [0.4, 0.5) is 0 Å². The monoisotopic (exact) mass is 321 g/mol. The van der Waals surface area contributed by atoms with Gasteiger partial charge in [-0.1, -0.05) is 30.3 Å². The highest BCUT2D eigenvalue weighted by Crippen LogP contribution is 2.31. The largest absolute Gasteiger partial charge is 0.376 e. The summed E-state index contributed by atoms with van der Waals surface area (Å²) in [5, 5.41) is 0. The number of ether oxygens (including phenoxy) is 2. The molecular weight excluding hydrogens is 302 g/mol. The van der Waals surface area contributed by atoms with Crippen LogP contribution in [0.25, 0.3) is 22.5 Å². The second-order valence-corrected chi connectivity index (χ2v) is 5.76. The highest BCUT2D eigenvalue weighted by molar-refractivity contribution is 5.78. The molecule has 5 heteroatoms. The molecule has 0 aliphatic carbocycles. The number of rotatable bonds is 4. The van der Waals surface area contributed by atoms with Crippen LogP contribution < -0.4 is 0 Å². The predicted octanol–water partition coefficient (Wildman–Crippen LogP) is 3.03. The van der Waals surface area contributed by atoms with E-state index in [0.717, 1.165) is 29.1 Å². The summed E-state index contributed by atoms with van der Waals surface area (Å²) in [6, 6.07) is 14.3. The average molecular weight is 321 g/mol. The zero-order chi connectivity index (χ0) is 16.2. The molecule has 0 spiro atoms. The fourth-order valence-corrected chi connectivity index (χ4v) is 3.00. The predicted molar refractivity (Wildman–Crippen MR) is 91.5 cm³/mol. The fraction of sp³-hybridized carbons (Fsp3) is 0.263. The molecule has 5 nitrogen and oxygen atoms in total. The molecule has 0 bridgehead atoms. The Hall–Kier alpha value is -2.50. The van der Waals surface area contributed by atoms with Gasteiger partial charge in [0.15, 0.2) is 0 Å². The summed E-state index contributed by atoms with van der Waals surface area (Å²) in [4.78, 5) is 8.80. The lowest BCUT2D eigenvalue weighted by Gasteiger charge is -2.24. The minimum absolute atomic E-state index is 0.0529. The SMILES string of the molecule is c1ccc(-c2ncn(C[C@@H]3COCCO3)c2-c2ccncc2)cc1. The lowest BCUT2D eigenvalue weighted by Crippen LogP contribution is -2.32. The van der Waals surface area contributed by atoms with Gasteiger partial charge in [0, 0.05) is 23.5 Å². The van der Waals surface area contributed by atoms with E-state index >= 15 is 0 Å². The third-order valence-electron chi connectivity index (χ3n) is 4.12. The smallest absolute Gasteiger partial charge is 0.0988 e. The van der Waals surface area contributed by atoms with E-state index in [-0.39, 0.29) is 6.10 Å². The molecule has 1 aliphatic heterocycles. The van der Waals surface area contributed by atoms with Crippen molar-refractivity contribution in [3.63, 3.8) is 0 Å². The zero-order valence-corrected chi connectivity index (χ0v) is 13.3. The summed E-state index contributed by atoms with van der Waals surface area (Å²) in [7, 11) is 0. The van der Waals surface area contributed by atoms with Crippen molar-refractivity contribution >= 4 is 0 Å². The van der Waals surface area contributed by atoms with Gasteiger partial charge in [0.25, 0.3) is 0 Å². The molecule has 4 rings (SSSR count). The summed E-state index contributed by atoms with van der Waals surface area (Å²) in [5.74, 6) is 0. The molecule has 2 aromatic heterocycles. The first-order chi connectivity index (χ1) is 11.9. The van der Waals surface area contributed by atoms with E-state index in [2.05, 4.69) is 26.7 Å². The van der Waals surface area contributed by atoms with E-state index in [1.165, 1.54) is 0 Å². The first-order valence-corrected chi connectivity index (χ1v) is 8.12. The van der Waals surface area contributed by atoms with Crippen LogP contribution in [-0.2, 0) is 16.0 Å².